The molecule has 0 spiro atoms. The lowest BCUT2D eigenvalue weighted by Gasteiger charge is -2.28. The van der Waals surface area contributed by atoms with E-state index in [0.717, 1.165) is 34.6 Å². The molecule has 5 nitrogen and oxygen atoms in total. The molecule has 0 saturated heterocycles. The van der Waals surface area contributed by atoms with E-state index in [2.05, 4.69) is 25.9 Å². The van der Waals surface area contributed by atoms with Crippen molar-refractivity contribution in [2.24, 2.45) is 5.92 Å². The van der Waals surface area contributed by atoms with Crippen LogP contribution < -0.4 is 4.74 Å². The van der Waals surface area contributed by atoms with E-state index in [0.29, 0.717) is 24.6 Å². The first kappa shape index (κ1) is 15.6. The fourth-order valence-corrected chi connectivity index (χ4v) is 3.19. The third-order valence-corrected chi connectivity index (χ3v) is 4.87. The molecule has 2 aromatic heterocycles. The number of pyridine rings is 2. The molecule has 0 bridgehead atoms. The van der Waals surface area contributed by atoms with Crippen molar-refractivity contribution in [3.8, 4) is 5.75 Å². The van der Waals surface area contributed by atoms with Crippen molar-refractivity contribution < 1.29 is 9.53 Å². The molecular weight excluding hydrogens is 370 g/mol. The molecule has 4 rings (SSSR count). The van der Waals surface area contributed by atoms with Crippen LogP contribution in [-0.2, 0) is 13.0 Å². The second kappa shape index (κ2) is 6.51. The van der Waals surface area contributed by atoms with Gasteiger partial charge in [0.2, 0.25) is 0 Å². The van der Waals surface area contributed by atoms with E-state index in [1.165, 1.54) is 12.8 Å². The molecule has 2 aromatic rings. The molecule has 0 N–H and O–H groups in total. The number of halogens is 1. The molecule has 1 fully saturated rings. The molecule has 3 heterocycles. The molecule has 0 radical (unpaired) electrons. The number of aromatic nitrogens is 2. The minimum absolute atomic E-state index is 0.00356. The molecular formula is C18H18BrN3O2. The summed E-state index contributed by atoms with van der Waals surface area (Å²) in [6.07, 6.45) is 6.75. The van der Waals surface area contributed by atoms with Gasteiger partial charge in [0, 0.05) is 29.8 Å². The van der Waals surface area contributed by atoms with Gasteiger partial charge in [-0.15, -0.1) is 0 Å². The highest BCUT2D eigenvalue weighted by molar-refractivity contribution is 9.10. The van der Waals surface area contributed by atoms with Gasteiger partial charge in [0.05, 0.1) is 24.4 Å². The molecule has 0 aromatic carbocycles. The van der Waals surface area contributed by atoms with Crippen molar-refractivity contribution in [2.75, 3.05) is 13.2 Å². The van der Waals surface area contributed by atoms with Crippen LogP contribution in [0.4, 0.5) is 0 Å². The van der Waals surface area contributed by atoms with Crippen LogP contribution in [0.25, 0.3) is 0 Å². The van der Waals surface area contributed by atoms with E-state index in [4.69, 9.17) is 4.74 Å². The monoisotopic (exact) mass is 387 g/mol. The van der Waals surface area contributed by atoms with E-state index >= 15 is 0 Å². The Morgan fingerprint density at radius 2 is 2.21 bits per heavy atom. The fraction of sp³-hybridized carbons (Fsp3) is 0.389. The lowest BCUT2D eigenvalue weighted by Crippen LogP contribution is -2.37. The quantitative estimate of drug-likeness (QED) is 0.789. The van der Waals surface area contributed by atoms with Gasteiger partial charge in [0.15, 0.2) is 0 Å². The summed E-state index contributed by atoms with van der Waals surface area (Å²) in [5.41, 5.74) is 2.36. The van der Waals surface area contributed by atoms with E-state index < -0.39 is 0 Å². The SMILES string of the molecule is O=C1c2cc(Br)cnc2CCN1Cc1ncccc1OCC1CC1. The predicted molar refractivity (Wildman–Crippen MR) is 92.8 cm³/mol. The number of carbonyl (C=O) groups excluding carboxylic acids is 1. The zero-order valence-electron chi connectivity index (χ0n) is 13.2. The van der Waals surface area contributed by atoms with Crippen LogP contribution in [0, 0.1) is 5.92 Å². The first-order valence-electron chi connectivity index (χ1n) is 8.21. The molecule has 1 saturated carbocycles. The Bertz CT molecular complexity index is 777. The van der Waals surface area contributed by atoms with Crippen molar-refractivity contribution in [3.63, 3.8) is 0 Å². The van der Waals surface area contributed by atoms with Crippen LogP contribution in [0.15, 0.2) is 35.1 Å². The van der Waals surface area contributed by atoms with Crippen molar-refractivity contribution >= 4 is 21.8 Å². The Morgan fingerprint density at radius 1 is 1.33 bits per heavy atom. The Labute approximate surface area is 149 Å². The van der Waals surface area contributed by atoms with Crippen LogP contribution in [-0.4, -0.2) is 33.9 Å². The predicted octanol–water partition coefficient (Wildman–Crippen LogP) is 3.23. The topological polar surface area (TPSA) is 55.3 Å². The number of nitrogens with zero attached hydrogens (tertiary/aromatic N) is 3. The summed E-state index contributed by atoms with van der Waals surface area (Å²) in [7, 11) is 0. The highest BCUT2D eigenvalue weighted by Gasteiger charge is 2.27. The Balaban J connectivity index is 1.52. The van der Waals surface area contributed by atoms with Crippen molar-refractivity contribution in [3.05, 3.63) is 52.0 Å². The fourth-order valence-electron chi connectivity index (χ4n) is 2.86. The summed E-state index contributed by atoms with van der Waals surface area (Å²) >= 11 is 3.39. The molecule has 124 valence electrons. The largest absolute Gasteiger partial charge is 0.491 e. The van der Waals surface area contributed by atoms with Gasteiger partial charge in [-0.3, -0.25) is 14.8 Å². The second-order valence-corrected chi connectivity index (χ2v) is 7.24. The number of hydrogen-bond acceptors (Lipinski definition) is 4. The summed E-state index contributed by atoms with van der Waals surface area (Å²) in [6, 6.07) is 5.66. The maximum Gasteiger partial charge on any atom is 0.256 e. The summed E-state index contributed by atoms with van der Waals surface area (Å²) < 4.78 is 6.73. The highest BCUT2D eigenvalue weighted by atomic mass is 79.9. The van der Waals surface area contributed by atoms with Crippen molar-refractivity contribution in [2.45, 2.75) is 25.8 Å². The van der Waals surface area contributed by atoms with Gasteiger partial charge in [0.25, 0.3) is 5.91 Å². The van der Waals surface area contributed by atoms with Gasteiger partial charge in [-0.05, 0) is 52.9 Å². The third-order valence-electron chi connectivity index (χ3n) is 4.43. The molecule has 0 atom stereocenters. The molecule has 24 heavy (non-hydrogen) atoms. The molecule has 1 amide bonds. The zero-order valence-corrected chi connectivity index (χ0v) is 14.8. The summed E-state index contributed by atoms with van der Waals surface area (Å²) in [6.45, 7) is 1.86. The lowest BCUT2D eigenvalue weighted by atomic mass is 10.0. The van der Waals surface area contributed by atoms with E-state index in [9.17, 15) is 4.79 Å². The van der Waals surface area contributed by atoms with Crippen LogP contribution in [0.2, 0.25) is 0 Å². The third kappa shape index (κ3) is 3.29. The van der Waals surface area contributed by atoms with Gasteiger partial charge >= 0.3 is 0 Å². The summed E-state index contributed by atoms with van der Waals surface area (Å²) in [5, 5.41) is 0. The van der Waals surface area contributed by atoms with Gasteiger partial charge in [-0.1, -0.05) is 0 Å². The molecule has 1 aliphatic heterocycles. The first-order chi connectivity index (χ1) is 11.7. The highest BCUT2D eigenvalue weighted by Crippen LogP contribution is 2.30. The molecule has 0 unspecified atom stereocenters. The van der Waals surface area contributed by atoms with E-state index in [1.807, 2.05) is 23.1 Å². The first-order valence-corrected chi connectivity index (χ1v) is 9.00. The Morgan fingerprint density at radius 3 is 3.04 bits per heavy atom. The number of hydrogen-bond donors (Lipinski definition) is 0. The van der Waals surface area contributed by atoms with Gasteiger partial charge in [-0.25, -0.2) is 0 Å². The number of amides is 1. The standard InChI is InChI=1S/C18H18BrN3O2/c19-13-8-14-15(21-9-13)5-7-22(18(14)23)10-16-17(2-1-6-20-16)24-11-12-3-4-12/h1-2,6,8-9,12H,3-5,7,10-11H2. The van der Waals surface area contributed by atoms with E-state index in [1.54, 1.807) is 12.4 Å². The van der Waals surface area contributed by atoms with Gasteiger partial charge in [0.1, 0.15) is 11.4 Å². The van der Waals surface area contributed by atoms with Crippen LogP contribution in [0.3, 0.4) is 0 Å². The average molecular weight is 388 g/mol. The maximum absolute atomic E-state index is 12.8. The van der Waals surface area contributed by atoms with Gasteiger partial charge < -0.3 is 9.64 Å². The molecule has 1 aliphatic carbocycles. The summed E-state index contributed by atoms with van der Waals surface area (Å²) in [5.74, 6) is 1.48. The summed E-state index contributed by atoms with van der Waals surface area (Å²) in [4.78, 5) is 23.4. The minimum atomic E-state index is 0.00356. The Kier molecular flexibility index (Phi) is 4.22. The Hall–Kier alpha value is -1.95. The maximum atomic E-state index is 12.8. The zero-order chi connectivity index (χ0) is 16.5. The normalized spacial score (nSPS) is 16.9. The van der Waals surface area contributed by atoms with Crippen LogP contribution >= 0.6 is 15.9 Å². The smallest absolute Gasteiger partial charge is 0.256 e. The van der Waals surface area contributed by atoms with Crippen LogP contribution in [0.1, 0.15) is 34.6 Å². The number of rotatable bonds is 5. The number of carbonyl (C=O) groups is 1. The number of fused-ring (bicyclic) bond motifs is 1. The molecule has 2 aliphatic rings. The minimum Gasteiger partial charge on any atom is -0.491 e. The van der Waals surface area contributed by atoms with Crippen molar-refractivity contribution in [1.82, 2.24) is 14.9 Å². The van der Waals surface area contributed by atoms with E-state index in [-0.39, 0.29) is 5.91 Å². The van der Waals surface area contributed by atoms with Crippen molar-refractivity contribution in [1.29, 1.82) is 0 Å². The van der Waals surface area contributed by atoms with Crippen LogP contribution in [0.5, 0.6) is 5.75 Å². The lowest BCUT2D eigenvalue weighted by molar-refractivity contribution is 0.0721. The number of ether oxygens (including phenoxy) is 1. The second-order valence-electron chi connectivity index (χ2n) is 6.33. The molecule has 6 heteroatoms. The van der Waals surface area contributed by atoms with Gasteiger partial charge in [-0.2, -0.15) is 0 Å². The average Bonchev–Trinajstić information content (AvgIpc) is 3.41.